The summed E-state index contributed by atoms with van der Waals surface area (Å²) in [7, 11) is 0. The molecule has 6 nitrogen and oxygen atoms in total. The van der Waals surface area contributed by atoms with Gasteiger partial charge in [-0.2, -0.15) is 0 Å². The van der Waals surface area contributed by atoms with Crippen molar-refractivity contribution in [1.29, 1.82) is 0 Å². The van der Waals surface area contributed by atoms with Crippen molar-refractivity contribution < 1.29 is 9.59 Å². The highest BCUT2D eigenvalue weighted by molar-refractivity contribution is 7.11. The fraction of sp³-hybridized carbons (Fsp3) is 0.476. The van der Waals surface area contributed by atoms with Crippen LogP contribution in [0.2, 0.25) is 0 Å². The number of carbonyl (C=O) groups excluding carboxylic acids is 2. The van der Waals surface area contributed by atoms with Crippen LogP contribution in [-0.2, 0) is 22.4 Å². The summed E-state index contributed by atoms with van der Waals surface area (Å²) in [6.45, 7) is 6.78. The van der Waals surface area contributed by atoms with Crippen LogP contribution in [0.1, 0.15) is 27.6 Å². The standard InChI is InChI=1S/C21H28N4O2S/c1-15-16(2)28-20(24-15)8-10-22-19(26)14-18-21(27)23-11-13-25(18)12-9-17-6-4-3-5-7-17/h3-7,18H,8-14H2,1-2H3,(H,22,26)(H,23,27). The maximum absolute atomic E-state index is 12.4. The molecule has 1 atom stereocenters. The zero-order valence-corrected chi connectivity index (χ0v) is 17.3. The number of amides is 2. The van der Waals surface area contributed by atoms with Crippen molar-refractivity contribution in [2.75, 3.05) is 26.2 Å². The Hall–Kier alpha value is -2.25. The molecule has 28 heavy (non-hydrogen) atoms. The van der Waals surface area contributed by atoms with E-state index in [0.717, 1.165) is 36.6 Å². The third-order valence-corrected chi connectivity index (χ3v) is 6.22. The monoisotopic (exact) mass is 400 g/mol. The largest absolute Gasteiger partial charge is 0.356 e. The van der Waals surface area contributed by atoms with Gasteiger partial charge in [0.05, 0.1) is 23.2 Å². The summed E-state index contributed by atoms with van der Waals surface area (Å²) in [6, 6.07) is 9.83. The number of thiazole rings is 1. The molecule has 1 saturated heterocycles. The van der Waals surface area contributed by atoms with E-state index < -0.39 is 6.04 Å². The van der Waals surface area contributed by atoms with Gasteiger partial charge in [-0.1, -0.05) is 30.3 Å². The Labute approximate surface area is 170 Å². The number of piperazine rings is 1. The van der Waals surface area contributed by atoms with Crippen LogP contribution < -0.4 is 10.6 Å². The van der Waals surface area contributed by atoms with Crippen molar-refractivity contribution in [2.24, 2.45) is 0 Å². The van der Waals surface area contributed by atoms with Crippen LogP contribution >= 0.6 is 11.3 Å². The molecule has 0 radical (unpaired) electrons. The first-order chi connectivity index (χ1) is 13.5. The predicted octanol–water partition coefficient (Wildman–Crippen LogP) is 1.85. The third kappa shape index (κ3) is 5.62. The van der Waals surface area contributed by atoms with Gasteiger partial charge in [0, 0.05) is 37.5 Å². The van der Waals surface area contributed by atoms with E-state index in [1.807, 2.05) is 25.1 Å². The molecule has 3 rings (SSSR count). The average Bonchev–Trinajstić information content (AvgIpc) is 3.00. The lowest BCUT2D eigenvalue weighted by Gasteiger charge is -2.34. The van der Waals surface area contributed by atoms with Crippen molar-refractivity contribution in [3.05, 3.63) is 51.5 Å². The van der Waals surface area contributed by atoms with Gasteiger partial charge in [-0.15, -0.1) is 11.3 Å². The number of benzene rings is 1. The molecule has 1 aliphatic heterocycles. The van der Waals surface area contributed by atoms with Crippen molar-refractivity contribution >= 4 is 23.2 Å². The fourth-order valence-electron chi connectivity index (χ4n) is 3.37. The van der Waals surface area contributed by atoms with Crippen LogP contribution in [0.3, 0.4) is 0 Å². The molecule has 7 heteroatoms. The molecule has 0 bridgehead atoms. The van der Waals surface area contributed by atoms with E-state index in [2.05, 4.69) is 39.6 Å². The summed E-state index contributed by atoms with van der Waals surface area (Å²) in [5.41, 5.74) is 2.30. The van der Waals surface area contributed by atoms with Crippen LogP contribution in [0.25, 0.3) is 0 Å². The van der Waals surface area contributed by atoms with Gasteiger partial charge in [-0.05, 0) is 25.8 Å². The summed E-state index contributed by atoms with van der Waals surface area (Å²) in [5, 5.41) is 6.87. The number of aromatic nitrogens is 1. The van der Waals surface area contributed by atoms with Crippen LogP contribution in [0.5, 0.6) is 0 Å². The average molecular weight is 401 g/mol. The minimum atomic E-state index is -0.401. The zero-order chi connectivity index (χ0) is 19.9. The van der Waals surface area contributed by atoms with Gasteiger partial charge in [-0.3, -0.25) is 14.5 Å². The molecule has 150 valence electrons. The molecular formula is C21H28N4O2S. The quantitative estimate of drug-likeness (QED) is 0.709. The van der Waals surface area contributed by atoms with Crippen LogP contribution in [-0.4, -0.2) is 53.9 Å². The summed E-state index contributed by atoms with van der Waals surface area (Å²) >= 11 is 1.67. The van der Waals surface area contributed by atoms with Gasteiger partial charge in [0.1, 0.15) is 0 Å². The van der Waals surface area contributed by atoms with Gasteiger partial charge in [0.25, 0.3) is 0 Å². The van der Waals surface area contributed by atoms with Crippen molar-refractivity contribution in [1.82, 2.24) is 20.5 Å². The van der Waals surface area contributed by atoms with Gasteiger partial charge in [-0.25, -0.2) is 4.98 Å². The highest BCUT2D eigenvalue weighted by Crippen LogP contribution is 2.16. The second-order valence-electron chi connectivity index (χ2n) is 7.13. The zero-order valence-electron chi connectivity index (χ0n) is 16.5. The normalized spacial score (nSPS) is 17.4. The van der Waals surface area contributed by atoms with Gasteiger partial charge in [0.2, 0.25) is 11.8 Å². The molecule has 2 aromatic rings. The molecule has 2 amide bonds. The first-order valence-corrected chi connectivity index (χ1v) is 10.6. The molecule has 2 N–H and O–H groups in total. The Morgan fingerprint density at radius 1 is 1.29 bits per heavy atom. The molecular weight excluding hydrogens is 372 g/mol. The Kier molecular flexibility index (Phi) is 7.17. The Balaban J connectivity index is 1.48. The summed E-state index contributed by atoms with van der Waals surface area (Å²) in [5.74, 6) is -0.141. The Bertz CT molecular complexity index is 786. The highest BCUT2D eigenvalue weighted by atomic mass is 32.1. The third-order valence-electron chi connectivity index (χ3n) is 5.08. The number of aryl methyl sites for hydroxylation is 2. The van der Waals surface area contributed by atoms with Gasteiger partial charge in [0.15, 0.2) is 0 Å². The Morgan fingerprint density at radius 2 is 2.07 bits per heavy atom. The molecule has 1 aromatic carbocycles. The molecule has 2 heterocycles. The van der Waals surface area contributed by atoms with E-state index in [9.17, 15) is 9.59 Å². The number of nitrogens with one attached hydrogen (secondary N) is 2. The molecule has 1 aromatic heterocycles. The minimum absolute atomic E-state index is 0.0550. The molecule has 1 aliphatic rings. The van der Waals surface area contributed by atoms with Crippen LogP contribution in [0, 0.1) is 13.8 Å². The molecule has 0 saturated carbocycles. The maximum Gasteiger partial charge on any atom is 0.237 e. The Morgan fingerprint density at radius 3 is 2.79 bits per heavy atom. The number of nitrogens with zero attached hydrogens (tertiary/aromatic N) is 2. The number of hydrogen-bond acceptors (Lipinski definition) is 5. The lowest BCUT2D eigenvalue weighted by molar-refractivity contribution is -0.133. The lowest BCUT2D eigenvalue weighted by Crippen LogP contribution is -2.56. The SMILES string of the molecule is Cc1nc(CCNC(=O)CC2C(=O)NCCN2CCc2ccccc2)sc1C. The van der Waals surface area contributed by atoms with Crippen molar-refractivity contribution in [2.45, 2.75) is 39.2 Å². The topological polar surface area (TPSA) is 74.3 Å². The second kappa shape index (κ2) is 9.80. The van der Waals surface area contributed by atoms with E-state index in [-0.39, 0.29) is 18.2 Å². The van der Waals surface area contributed by atoms with E-state index in [0.29, 0.717) is 13.1 Å². The predicted molar refractivity (Wildman–Crippen MR) is 111 cm³/mol. The minimum Gasteiger partial charge on any atom is -0.356 e. The van der Waals surface area contributed by atoms with E-state index in [4.69, 9.17) is 0 Å². The first-order valence-electron chi connectivity index (χ1n) is 9.78. The number of rotatable bonds is 8. The summed E-state index contributed by atoms with van der Waals surface area (Å²) < 4.78 is 0. The van der Waals surface area contributed by atoms with Crippen molar-refractivity contribution in [3.8, 4) is 0 Å². The first kappa shape index (κ1) is 20.5. The van der Waals surface area contributed by atoms with E-state index in [1.54, 1.807) is 11.3 Å². The number of hydrogen-bond donors (Lipinski definition) is 2. The molecule has 0 spiro atoms. The van der Waals surface area contributed by atoms with E-state index in [1.165, 1.54) is 10.4 Å². The number of carbonyl (C=O) groups is 2. The molecule has 0 aliphatic carbocycles. The molecule has 1 unspecified atom stereocenters. The van der Waals surface area contributed by atoms with E-state index >= 15 is 0 Å². The lowest BCUT2D eigenvalue weighted by atomic mass is 10.1. The highest BCUT2D eigenvalue weighted by Gasteiger charge is 2.31. The second-order valence-corrected chi connectivity index (χ2v) is 8.42. The van der Waals surface area contributed by atoms with Gasteiger partial charge >= 0.3 is 0 Å². The van der Waals surface area contributed by atoms with Crippen LogP contribution in [0.4, 0.5) is 0 Å². The molecule has 1 fully saturated rings. The fourth-order valence-corrected chi connectivity index (χ4v) is 4.31. The summed E-state index contributed by atoms with van der Waals surface area (Å²) in [4.78, 5) is 32.6. The van der Waals surface area contributed by atoms with Crippen LogP contribution in [0.15, 0.2) is 30.3 Å². The van der Waals surface area contributed by atoms with Crippen molar-refractivity contribution in [3.63, 3.8) is 0 Å². The smallest absolute Gasteiger partial charge is 0.237 e. The maximum atomic E-state index is 12.4. The summed E-state index contributed by atoms with van der Waals surface area (Å²) in [6.07, 6.45) is 1.78. The van der Waals surface area contributed by atoms with Gasteiger partial charge < -0.3 is 10.6 Å².